The van der Waals surface area contributed by atoms with Gasteiger partial charge in [-0.2, -0.15) is 0 Å². The van der Waals surface area contributed by atoms with Crippen LogP contribution in [0, 0.1) is 6.92 Å². The van der Waals surface area contributed by atoms with Crippen LogP contribution in [0.3, 0.4) is 0 Å². The third kappa shape index (κ3) is 1.83. The molecule has 0 N–H and O–H groups in total. The summed E-state index contributed by atoms with van der Waals surface area (Å²) in [6.45, 7) is 1.93. The second-order valence-corrected chi connectivity index (χ2v) is 4.51. The molecule has 0 aliphatic rings. The van der Waals surface area contributed by atoms with E-state index < -0.39 is 0 Å². The average Bonchev–Trinajstić information content (AvgIpc) is 2.28. The molecule has 0 radical (unpaired) electrons. The molecule has 16 heavy (non-hydrogen) atoms. The SMILES string of the molecule is COC(=O)c1ccc2cc(Br)ccc2c1C. The van der Waals surface area contributed by atoms with E-state index in [2.05, 4.69) is 15.9 Å². The number of carbonyl (C=O) groups excluding carboxylic acids is 1. The number of fused-ring (bicyclic) bond motifs is 1. The third-order valence-corrected chi connectivity index (χ3v) is 3.15. The maximum atomic E-state index is 11.5. The van der Waals surface area contributed by atoms with E-state index in [1.165, 1.54) is 7.11 Å². The first-order valence-electron chi connectivity index (χ1n) is 4.90. The van der Waals surface area contributed by atoms with Crippen LogP contribution in [0.15, 0.2) is 34.8 Å². The van der Waals surface area contributed by atoms with Crippen LogP contribution in [-0.4, -0.2) is 13.1 Å². The van der Waals surface area contributed by atoms with Gasteiger partial charge in [-0.25, -0.2) is 4.79 Å². The molecule has 0 bridgehead atoms. The van der Waals surface area contributed by atoms with Crippen molar-refractivity contribution < 1.29 is 9.53 Å². The summed E-state index contributed by atoms with van der Waals surface area (Å²) in [5.74, 6) is -0.290. The predicted molar refractivity (Wildman–Crippen MR) is 67.7 cm³/mol. The van der Waals surface area contributed by atoms with Gasteiger partial charge in [0.2, 0.25) is 0 Å². The van der Waals surface area contributed by atoms with Gasteiger partial charge in [0, 0.05) is 4.47 Å². The second-order valence-electron chi connectivity index (χ2n) is 3.60. The molecule has 82 valence electrons. The summed E-state index contributed by atoms with van der Waals surface area (Å²) in [4.78, 5) is 11.5. The Kier molecular flexibility index (Phi) is 2.97. The monoisotopic (exact) mass is 278 g/mol. The number of methoxy groups -OCH3 is 1. The van der Waals surface area contributed by atoms with E-state index in [0.29, 0.717) is 5.56 Å². The number of carbonyl (C=O) groups is 1. The largest absolute Gasteiger partial charge is 0.465 e. The van der Waals surface area contributed by atoms with Crippen LogP contribution in [0.5, 0.6) is 0 Å². The van der Waals surface area contributed by atoms with Crippen molar-refractivity contribution in [1.29, 1.82) is 0 Å². The van der Waals surface area contributed by atoms with Crippen molar-refractivity contribution in [2.45, 2.75) is 6.92 Å². The van der Waals surface area contributed by atoms with Gasteiger partial charge >= 0.3 is 5.97 Å². The molecule has 0 atom stereocenters. The van der Waals surface area contributed by atoms with Crippen LogP contribution < -0.4 is 0 Å². The smallest absolute Gasteiger partial charge is 0.338 e. The topological polar surface area (TPSA) is 26.3 Å². The fourth-order valence-electron chi connectivity index (χ4n) is 1.79. The third-order valence-electron chi connectivity index (χ3n) is 2.66. The Morgan fingerprint density at radius 3 is 2.69 bits per heavy atom. The Bertz CT molecular complexity index is 561. The van der Waals surface area contributed by atoms with Gasteiger partial charge in [0.25, 0.3) is 0 Å². The summed E-state index contributed by atoms with van der Waals surface area (Å²) in [7, 11) is 1.40. The highest BCUT2D eigenvalue weighted by Crippen LogP contribution is 2.25. The Labute approximate surface area is 102 Å². The molecule has 0 amide bonds. The van der Waals surface area contributed by atoms with Crippen molar-refractivity contribution in [3.63, 3.8) is 0 Å². The molecule has 2 nitrogen and oxygen atoms in total. The molecule has 0 saturated heterocycles. The van der Waals surface area contributed by atoms with E-state index in [-0.39, 0.29) is 5.97 Å². The molecule has 0 aliphatic carbocycles. The Hall–Kier alpha value is -1.35. The molecule has 2 rings (SSSR count). The molecule has 0 aliphatic heterocycles. The lowest BCUT2D eigenvalue weighted by molar-refractivity contribution is 0.0600. The lowest BCUT2D eigenvalue weighted by atomic mass is 10.0. The molecule has 0 spiro atoms. The Morgan fingerprint density at radius 2 is 2.00 bits per heavy atom. The minimum Gasteiger partial charge on any atom is -0.465 e. The molecule has 3 heteroatoms. The summed E-state index contributed by atoms with van der Waals surface area (Å²) < 4.78 is 5.77. The van der Waals surface area contributed by atoms with Gasteiger partial charge in [0.1, 0.15) is 0 Å². The Balaban J connectivity index is 2.70. The molecule has 0 aromatic heterocycles. The first-order chi connectivity index (χ1) is 7.63. The molecule has 2 aromatic rings. The van der Waals surface area contributed by atoms with Crippen molar-refractivity contribution in [1.82, 2.24) is 0 Å². The summed E-state index contributed by atoms with van der Waals surface area (Å²) >= 11 is 3.43. The van der Waals surface area contributed by atoms with Crippen molar-refractivity contribution in [3.8, 4) is 0 Å². The molecular weight excluding hydrogens is 268 g/mol. The second kappa shape index (κ2) is 4.26. The first kappa shape index (κ1) is 11.1. The minimum atomic E-state index is -0.290. The van der Waals surface area contributed by atoms with Crippen molar-refractivity contribution >= 4 is 32.7 Å². The zero-order valence-corrected chi connectivity index (χ0v) is 10.7. The highest BCUT2D eigenvalue weighted by molar-refractivity contribution is 9.10. The lowest BCUT2D eigenvalue weighted by Crippen LogP contribution is -2.03. The van der Waals surface area contributed by atoms with Crippen molar-refractivity contribution in [2.75, 3.05) is 7.11 Å². The zero-order valence-electron chi connectivity index (χ0n) is 9.08. The van der Waals surface area contributed by atoms with E-state index in [9.17, 15) is 4.79 Å². The minimum absolute atomic E-state index is 0.290. The molecule has 0 fully saturated rings. The van der Waals surface area contributed by atoms with E-state index >= 15 is 0 Å². The first-order valence-corrected chi connectivity index (χ1v) is 5.70. The summed E-state index contributed by atoms with van der Waals surface area (Å²) in [6.07, 6.45) is 0. The van der Waals surface area contributed by atoms with Crippen LogP contribution in [0.2, 0.25) is 0 Å². The number of aryl methyl sites for hydroxylation is 1. The van der Waals surface area contributed by atoms with Crippen LogP contribution in [0.25, 0.3) is 10.8 Å². The van der Waals surface area contributed by atoms with Gasteiger partial charge in [-0.3, -0.25) is 0 Å². The van der Waals surface area contributed by atoms with Gasteiger partial charge in [-0.15, -0.1) is 0 Å². The number of benzene rings is 2. The zero-order chi connectivity index (χ0) is 11.7. The van der Waals surface area contributed by atoms with Crippen molar-refractivity contribution in [2.24, 2.45) is 0 Å². The van der Waals surface area contributed by atoms with Crippen LogP contribution in [0.4, 0.5) is 0 Å². The summed E-state index contributed by atoms with van der Waals surface area (Å²) in [6, 6.07) is 9.73. The molecule has 2 aromatic carbocycles. The number of esters is 1. The molecule has 0 unspecified atom stereocenters. The van der Waals surface area contributed by atoms with Gasteiger partial charge in [-0.05, 0) is 41.5 Å². The number of hydrogen-bond acceptors (Lipinski definition) is 2. The molecular formula is C13H11BrO2. The van der Waals surface area contributed by atoms with Gasteiger partial charge in [-0.1, -0.05) is 28.1 Å². The molecule has 0 saturated carbocycles. The number of halogens is 1. The predicted octanol–water partition coefficient (Wildman–Crippen LogP) is 3.70. The highest BCUT2D eigenvalue weighted by Gasteiger charge is 2.11. The maximum absolute atomic E-state index is 11.5. The standard InChI is InChI=1S/C13H11BrO2/c1-8-11-6-4-10(14)7-9(11)3-5-12(8)13(15)16-2/h3-7H,1-2H3. The maximum Gasteiger partial charge on any atom is 0.338 e. The van der Waals surface area contributed by atoms with E-state index in [1.807, 2.05) is 31.2 Å². The Morgan fingerprint density at radius 1 is 1.25 bits per heavy atom. The highest BCUT2D eigenvalue weighted by atomic mass is 79.9. The van der Waals surface area contributed by atoms with Crippen molar-refractivity contribution in [3.05, 3.63) is 45.9 Å². The molecule has 0 heterocycles. The lowest BCUT2D eigenvalue weighted by Gasteiger charge is -2.07. The van der Waals surface area contributed by atoms with E-state index in [0.717, 1.165) is 20.8 Å². The van der Waals surface area contributed by atoms with Crippen LogP contribution in [-0.2, 0) is 4.74 Å². The summed E-state index contributed by atoms with van der Waals surface area (Å²) in [5, 5.41) is 2.19. The normalized spacial score (nSPS) is 10.4. The van der Waals surface area contributed by atoms with E-state index in [4.69, 9.17) is 4.74 Å². The van der Waals surface area contributed by atoms with E-state index in [1.54, 1.807) is 6.07 Å². The quantitative estimate of drug-likeness (QED) is 0.744. The number of rotatable bonds is 1. The van der Waals surface area contributed by atoms with Gasteiger partial charge < -0.3 is 4.74 Å². The van der Waals surface area contributed by atoms with Gasteiger partial charge in [0.15, 0.2) is 0 Å². The average molecular weight is 279 g/mol. The fraction of sp³-hybridized carbons (Fsp3) is 0.154. The fourth-order valence-corrected chi connectivity index (χ4v) is 2.17. The summed E-state index contributed by atoms with van der Waals surface area (Å²) in [5.41, 5.74) is 1.58. The number of hydrogen-bond donors (Lipinski definition) is 0. The number of ether oxygens (including phenoxy) is 1. The van der Waals surface area contributed by atoms with Crippen LogP contribution in [0.1, 0.15) is 15.9 Å². The van der Waals surface area contributed by atoms with Gasteiger partial charge in [0.05, 0.1) is 12.7 Å². The van der Waals surface area contributed by atoms with Crippen LogP contribution >= 0.6 is 15.9 Å².